The first kappa shape index (κ1) is 26.5. The third kappa shape index (κ3) is 6.22. The van der Waals surface area contributed by atoms with Crippen LogP contribution in [-0.4, -0.2) is 33.4 Å². The van der Waals surface area contributed by atoms with E-state index in [1.165, 1.54) is 36.5 Å². The Bertz CT molecular complexity index is 1390. The number of quaternary nitrogens is 1. The highest BCUT2D eigenvalue weighted by Crippen LogP contribution is 2.38. The van der Waals surface area contributed by atoms with Crippen LogP contribution in [0.3, 0.4) is 0 Å². The van der Waals surface area contributed by atoms with E-state index in [-0.39, 0.29) is 18.8 Å². The zero-order valence-electron chi connectivity index (χ0n) is 19.8. The smallest absolute Gasteiger partial charge is 0.408 e. The second-order valence-electron chi connectivity index (χ2n) is 8.45. The molecule has 1 aliphatic rings. The van der Waals surface area contributed by atoms with Crippen molar-refractivity contribution in [2.24, 2.45) is 5.73 Å². The number of ether oxygens (including phenoxy) is 2. The van der Waals surface area contributed by atoms with Crippen LogP contribution in [0, 0.1) is 0 Å². The number of halogens is 3. The summed E-state index contributed by atoms with van der Waals surface area (Å²) in [7, 11) is -4.74. The molecule has 1 aliphatic heterocycles. The van der Waals surface area contributed by atoms with Crippen molar-refractivity contribution in [1.82, 2.24) is 3.89 Å². The quantitative estimate of drug-likeness (QED) is 0.360. The van der Waals surface area contributed by atoms with E-state index in [1.807, 2.05) is 30.3 Å². The molecule has 1 unspecified atom stereocenters. The standard InChI is InChI=1S/C27H26F3N2O4S/c28-27(29,30)20-37(33,34)32(16-6-9-22(17-31)18-32)23-12-14-24(15-13-23)36-26-11-5-4-10-25(26)35-19-21-7-2-1-3-8-21/h1-15,18H,16-17,19-20,31H2/q+1. The molecule has 0 fully saturated rings. The molecule has 37 heavy (non-hydrogen) atoms. The summed E-state index contributed by atoms with van der Waals surface area (Å²) in [4.78, 5) is 0. The van der Waals surface area contributed by atoms with Gasteiger partial charge in [-0.25, -0.2) is 0 Å². The minimum absolute atomic E-state index is 0.0149. The topological polar surface area (TPSA) is 78.6 Å². The number of alkyl halides is 3. The van der Waals surface area contributed by atoms with Crippen molar-refractivity contribution in [3.8, 4) is 17.2 Å². The van der Waals surface area contributed by atoms with Gasteiger partial charge in [0.15, 0.2) is 22.9 Å². The molecule has 10 heteroatoms. The molecule has 2 N–H and O–H groups in total. The molecule has 0 spiro atoms. The molecule has 0 amide bonds. The van der Waals surface area contributed by atoms with Gasteiger partial charge in [0.1, 0.15) is 25.1 Å². The maximum absolute atomic E-state index is 13.2. The lowest BCUT2D eigenvalue weighted by Crippen LogP contribution is -2.54. The second kappa shape index (κ2) is 10.8. The minimum atomic E-state index is -4.89. The van der Waals surface area contributed by atoms with Crippen LogP contribution in [0.15, 0.2) is 103 Å². The van der Waals surface area contributed by atoms with Crippen molar-refractivity contribution in [3.63, 3.8) is 0 Å². The van der Waals surface area contributed by atoms with Crippen molar-refractivity contribution in [2.75, 3.05) is 18.8 Å². The summed E-state index contributed by atoms with van der Waals surface area (Å²) in [5.41, 5.74) is 7.22. The molecular formula is C27H26F3N2O4S+. The molecule has 194 valence electrons. The van der Waals surface area contributed by atoms with Crippen molar-refractivity contribution in [2.45, 2.75) is 12.8 Å². The molecule has 0 bridgehead atoms. The van der Waals surface area contributed by atoms with Crippen LogP contribution in [0.4, 0.5) is 18.9 Å². The fraction of sp³-hybridized carbons (Fsp3) is 0.185. The number of sulfonamides is 1. The van der Waals surface area contributed by atoms with E-state index in [9.17, 15) is 21.6 Å². The first-order valence-electron chi connectivity index (χ1n) is 11.4. The fourth-order valence-electron chi connectivity index (χ4n) is 3.98. The lowest BCUT2D eigenvalue weighted by Gasteiger charge is -2.34. The van der Waals surface area contributed by atoms with E-state index in [0.717, 1.165) is 5.56 Å². The molecule has 3 aromatic rings. The van der Waals surface area contributed by atoms with Gasteiger partial charge < -0.3 is 15.2 Å². The summed E-state index contributed by atoms with van der Waals surface area (Å²) in [6, 6.07) is 22.6. The Labute approximate surface area is 213 Å². The molecule has 1 heterocycles. The number of hydrogen-bond donors (Lipinski definition) is 1. The molecule has 0 saturated heterocycles. The molecule has 3 aromatic carbocycles. The second-order valence-corrected chi connectivity index (χ2v) is 10.6. The molecular weight excluding hydrogens is 505 g/mol. The Kier molecular flexibility index (Phi) is 7.72. The van der Waals surface area contributed by atoms with E-state index in [4.69, 9.17) is 15.2 Å². The van der Waals surface area contributed by atoms with E-state index in [0.29, 0.717) is 29.4 Å². The third-order valence-electron chi connectivity index (χ3n) is 5.75. The van der Waals surface area contributed by atoms with Crippen LogP contribution in [-0.2, 0) is 16.6 Å². The number of hydrogen-bond acceptors (Lipinski definition) is 5. The number of para-hydroxylation sites is 2. The fourth-order valence-corrected chi connectivity index (χ4v) is 5.68. The van der Waals surface area contributed by atoms with Crippen molar-refractivity contribution in [3.05, 3.63) is 108 Å². The van der Waals surface area contributed by atoms with Crippen molar-refractivity contribution >= 4 is 15.7 Å². The van der Waals surface area contributed by atoms with E-state index in [1.54, 1.807) is 30.3 Å². The summed E-state index contributed by atoms with van der Waals surface area (Å²) in [6.45, 7) is 0.123. The first-order valence-corrected chi connectivity index (χ1v) is 13.0. The van der Waals surface area contributed by atoms with E-state index in [2.05, 4.69) is 0 Å². The Morgan fingerprint density at radius 1 is 0.892 bits per heavy atom. The van der Waals surface area contributed by atoms with Gasteiger partial charge in [0.2, 0.25) is 0 Å². The summed E-state index contributed by atoms with van der Waals surface area (Å²) in [5, 5.41) is 0. The number of benzene rings is 3. The highest BCUT2D eigenvalue weighted by atomic mass is 32.2. The maximum atomic E-state index is 13.2. The third-order valence-corrected chi connectivity index (χ3v) is 7.90. The van der Waals surface area contributed by atoms with Crippen LogP contribution in [0.25, 0.3) is 0 Å². The predicted molar refractivity (Wildman–Crippen MR) is 137 cm³/mol. The van der Waals surface area contributed by atoms with E-state index >= 15 is 0 Å². The predicted octanol–water partition coefficient (Wildman–Crippen LogP) is 5.67. The van der Waals surface area contributed by atoms with Gasteiger partial charge in [-0.05, 0) is 35.9 Å². The first-order chi connectivity index (χ1) is 17.6. The van der Waals surface area contributed by atoms with Crippen molar-refractivity contribution < 1.29 is 31.1 Å². The molecule has 4 rings (SSSR count). The lowest BCUT2D eigenvalue weighted by molar-refractivity contribution is -0.106. The zero-order chi connectivity index (χ0) is 26.5. The van der Waals surface area contributed by atoms with Gasteiger partial charge in [0.25, 0.3) is 0 Å². The van der Waals surface area contributed by atoms with Gasteiger partial charge in [-0.1, -0.05) is 48.5 Å². The molecule has 6 nitrogen and oxygen atoms in total. The maximum Gasteiger partial charge on any atom is 0.408 e. The zero-order valence-corrected chi connectivity index (χ0v) is 20.6. The largest absolute Gasteiger partial charge is 0.485 e. The molecule has 0 aliphatic carbocycles. The SMILES string of the molecule is NCC1=C[N+](c2ccc(Oc3ccccc3OCc3ccccc3)cc2)(S(=O)(=O)CC(F)(F)F)CC=C1. The molecule has 1 atom stereocenters. The Hall–Kier alpha value is -3.60. The van der Waals surface area contributed by atoms with Gasteiger partial charge in [0.05, 0.1) is 0 Å². The van der Waals surface area contributed by atoms with Gasteiger partial charge in [-0.2, -0.15) is 25.5 Å². The van der Waals surface area contributed by atoms with Crippen molar-refractivity contribution in [1.29, 1.82) is 0 Å². The number of rotatable bonds is 9. The van der Waals surface area contributed by atoms with Crippen LogP contribution in [0.1, 0.15) is 5.56 Å². The van der Waals surface area contributed by atoms with E-state index < -0.39 is 25.8 Å². The van der Waals surface area contributed by atoms with Crippen LogP contribution < -0.4 is 19.1 Å². The summed E-state index contributed by atoms with van der Waals surface area (Å²) >= 11 is 0. The lowest BCUT2D eigenvalue weighted by atomic mass is 10.2. The van der Waals surface area contributed by atoms with Crippen LogP contribution in [0.5, 0.6) is 17.2 Å². The summed E-state index contributed by atoms with van der Waals surface area (Å²) in [5.74, 6) is -0.664. The van der Waals surface area contributed by atoms with Gasteiger partial charge in [-0.3, -0.25) is 0 Å². The summed E-state index contributed by atoms with van der Waals surface area (Å²) in [6.07, 6.45) is -0.498. The van der Waals surface area contributed by atoms with Gasteiger partial charge >= 0.3 is 16.2 Å². The highest BCUT2D eigenvalue weighted by molar-refractivity contribution is 7.91. The van der Waals surface area contributed by atoms with Crippen LogP contribution >= 0.6 is 0 Å². The normalized spacial score (nSPS) is 17.8. The average Bonchev–Trinajstić information content (AvgIpc) is 2.88. The monoisotopic (exact) mass is 531 g/mol. The van der Waals surface area contributed by atoms with Crippen LogP contribution in [0.2, 0.25) is 0 Å². The minimum Gasteiger partial charge on any atom is -0.485 e. The Balaban J connectivity index is 1.61. The molecule has 0 saturated carbocycles. The number of nitrogens with zero attached hydrogens (tertiary/aromatic N) is 1. The Morgan fingerprint density at radius 2 is 1.54 bits per heavy atom. The highest BCUT2D eigenvalue weighted by Gasteiger charge is 2.50. The summed E-state index contributed by atoms with van der Waals surface area (Å²) < 4.78 is 76.6. The molecule has 0 aromatic heterocycles. The van der Waals surface area contributed by atoms with Gasteiger partial charge in [0, 0.05) is 24.3 Å². The Morgan fingerprint density at radius 3 is 2.19 bits per heavy atom. The molecule has 0 radical (unpaired) electrons. The number of nitrogens with two attached hydrogens (primary N) is 1. The van der Waals surface area contributed by atoms with Gasteiger partial charge in [-0.15, -0.1) is 0 Å². The average molecular weight is 532 g/mol.